The number of ether oxygens (including phenoxy) is 2. The fraction of sp³-hybridized carbons (Fsp3) is 0.583. The van der Waals surface area contributed by atoms with Crippen molar-refractivity contribution in [1.29, 1.82) is 0 Å². The van der Waals surface area contributed by atoms with Gasteiger partial charge in [-0.05, 0) is 25.5 Å². The van der Waals surface area contributed by atoms with Crippen LogP contribution in [0.25, 0.3) is 0 Å². The predicted molar refractivity (Wildman–Crippen MR) is 61.3 cm³/mol. The average Bonchev–Trinajstić information content (AvgIpc) is 2.80. The van der Waals surface area contributed by atoms with Crippen LogP contribution in [0.2, 0.25) is 0 Å². The minimum absolute atomic E-state index is 0.0303. The molecule has 2 atom stereocenters. The number of aromatic nitrogens is 1. The van der Waals surface area contributed by atoms with Crippen LogP contribution in [0.1, 0.15) is 25.1 Å². The Balaban J connectivity index is 1.84. The number of hydrogen-bond donors (Lipinski definition) is 1. The van der Waals surface area contributed by atoms with Gasteiger partial charge in [-0.25, -0.2) is 0 Å². The first-order valence-electron chi connectivity index (χ1n) is 5.68. The van der Waals surface area contributed by atoms with Crippen molar-refractivity contribution in [3.63, 3.8) is 0 Å². The summed E-state index contributed by atoms with van der Waals surface area (Å²) in [6.45, 7) is 4.29. The van der Waals surface area contributed by atoms with E-state index in [1.54, 1.807) is 6.20 Å². The maximum absolute atomic E-state index is 5.72. The van der Waals surface area contributed by atoms with Crippen LogP contribution in [0.15, 0.2) is 18.3 Å². The van der Waals surface area contributed by atoms with Crippen molar-refractivity contribution in [2.24, 2.45) is 11.7 Å². The molecular weight excluding hydrogens is 204 g/mol. The molecule has 1 aliphatic rings. The van der Waals surface area contributed by atoms with E-state index in [1.807, 2.05) is 19.1 Å². The summed E-state index contributed by atoms with van der Waals surface area (Å²) in [4.78, 5) is 4.24. The molecule has 1 fully saturated rings. The highest BCUT2D eigenvalue weighted by molar-refractivity contribution is 5.21. The first-order valence-corrected chi connectivity index (χ1v) is 5.68. The van der Waals surface area contributed by atoms with Gasteiger partial charge in [-0.15, -0.1) is 0 Å². The Labute approximate surface area is 95.8 Å². The molecule has 2 unspecified atom stereocenters. The molecule has 88 valence electrons. The van der Waals surface area contributed by atoms with Gasteiger partial charge < -0.3 is 15.2 Å². The Morgan fingerprint density at radius 3 is 3.06 bits per heavy atom. The molecule has 2 heterocycles. The maximum Gasteiger partial charge on any atom is 0.137 e. The SMILES string of the molecule is CC(N)c1ccc(OCC2CCOC2)cn1. The van der Waals surface area contributed by atoms with Gasteiger partial charge >= 0.3 is 0 Å². The lowest BCUT2D eigenvalue weighted by atomic mass is 10.1. The maximum atomic E-state index is 5.72. The second-order valence-corrected chi connectivity index (χ2v) is 4.25. The molecule has 4 nitrogen and oxygen atoms in total. The zero-order chi connectivity index (χ0) is 11.4. The Bertz CT molecular complexity index is 318. The number of nitrogens with two attached hydrogens (primary N) is 1. The Kier molecular flexibility index (Phi) is 3.74. The fourth-order valence-corrected chi connectivity index (χ4v) is 1.68. The fourth-order valence-electron chi connectivity index (χ4n) is 1.68. The largest absolute Gasteiger partial charge is 0.492 e. The van der Waals surface area contributed by atoms with E-state index < -0.39 is 0 Å². The number of pyridine rings is 1. The van der Waals surface area contributed by atoms with E-state index in [0.29, 0.717) is 12.5 Å². The molecule has 1 aromatic heterocycles. The molecule has 0 amide bonds. The van der Waals surface area contributed by atoms with Gasteiger partial charge in [-0.2, -0.15) is 0 Å². The molecule has 1 saturated heterocycles. The van der Waals surface area contributed by atoms with E-state index in [-0.39, 0.29) is 6.04 Å². The monoisotopic (exact) mass is 222 g/mol. The minimum Gasteiger partial charge on any atom is -0.492 e. The number of nitrogens with zero attached hydrogens (tertiary/aromatic N) is 1. The first kappa shape index (κ1) is 11.4. The summed E-state index contributed by atoms with van der Waals surface area (Å²) in [5.74, 6) is 1.32. The number of hydrogen-bond acceptors (Lipinski definition) is 4. The van der Waals surface area contributed by atoms with Gasteiger partial charge in [0.15, 0.2) is 0 Å². The van der Waals surface area contributed by atoms with E-state index in [4.69, 9.17) is 15.2 Å². The van der Waals surface area contributed by atoms with Crippen molar-refractivity contribution in [1.82, 2.24) is 4.98 Å². The zero-order valence-electron chi connectivity index (χ0n) is 9.56. The van der Waals surface area contributed by atoms with Gasteiger partial charge in [-0.1, -0.05) is 0 Å². The molecule has 0 saturated carbocycles. The van der Waals surface area contributed by atoms with Crippen LogP contribution >= 0.6 is 0 Å². The van der Waals surface area contributed by atoms with Crippen molar-refractivity contribution in [3.8, 4) is 5.75 Å². The highest BCUT2D eigenvalue weighted by Crippen LogP contribution is 2.16. The van der Waals surface area contributed by atoms with Crippen LogP contribution in [0.4, 0.5) is 0 Å². The summed E-state index contributed by atoms with van der Waals surface area (Å²) in [5, 5.41) is 0. The quantitative estimate of drug-likeness (QED) is 0.839. The molecule has 0 spiro atoms. The Morgan fingerprint density at radius 2 is 2.50 bits per heavy atom. The summed E-state index contributed by atoms with van der Waals surface area (Å²) >= 11 is 0. The summed E-state index contributed by atoms with van der Waals surface area (Å²) in [7, 11) is 0. The summed E-state index contributed by atoms with van der Waals surface area (Å²) in [6.07, 6.45) is 2.82. The Morgan fingerprint density at radius 1 is 1.62 bits per heavy atom. The number of rotatable bonds is 4. The predicted octanol–water partition coefficient (Wildman–Crippen LogP) is 1.52. The van der Waals surface area contributed by atoms with E-state index in [1.165, 1.54) is 0 Å². The Hall–Kier alpha value is -1.13. The normalized spacial score (nSPS) is 22.0. The van der Waals surface area contributed by atoms with E-state index in [2.05, 4.69) is 4.98 Å². The third kappa shape index (κ3) is 2.93. The standard InChI is InChI=1S/C12H18N2O2/c1-9(13)12-3-2-11(6-14-12)16-8-10-4-5-15-7-10/h2-3,6,9-10H,4-5,7-8,13H2,1H3. The van der Waals surface area contributed by atoms with Crippen molar-refractivity contribution >= 4 is 0 Å². The van der Waals surface area contributed by atoms with Crippen LogP contribution in [0.3, 0.4) is 0 Å². The van der Waals surface area contributed by atoms with Crippen LogP contribution in [-0.2, 0) is 4.74 Å². The molecule has 0 bridgehead atoms. The van der Waals surface area contributed by atoms with E-state index >= 15 is 0 Å². The highest BCUT2D eigenvalue weighted by atomic mass is 16.5. The van der Waals surface area contributed by atoms with Crippen LogP contribution < -0.4 is 10.5 Å². The van der Waals surface area contributed by atoms with Crippen LogP contribution in [0.5, 0.6) is 5.75 Å². The molecule has 0 aliphatic carbocycles. The molecule has 2 N–H and O–H groups in total. The molecular formula is C12H18N2O2. The van der Waals surface area contributed by atoms with Crippen molar-refractivity contribution in [2.75, 3.05) is 19.8 Å². The summed E-state index contributed by atoms with van der Waals surface area (Å²) in [6, 6.07) is 3.80. The summed E-state index contributed by atoms with van der Waals surface area (Å²) < 4.78 is 10.9. The summed E-state index contributed by atoms with van der Waals surface area (Å²) in [5.41, 5.74) is 6.60. The van der Waals surface area contributed by atoms with Crippen molar-refractivity contribution in [2.45, 2.75) is 19.4 Å². The first-order chi connectivity index (χ1) is 7.75. The molecule has 2 rings (SSSR count). The third-order valence-corrected chi connectivity index (χ3v) is 2.74. The van der Waals surface area contributed by atoms with Gasteiger partial charge in [0, 0.05) is 18.6 Å². The second kappa shape index (κ2) is 5.27. The van der Waals surface area contributed by atoms with Gasteiger partial charge in [-0.3, -0.25) is 4.98 Å². The lowest BCUT2D eigenvalue weighted by Crippen LogP contribution is -2.12. The molecule has 4 heteroatoms. The topological polar surface area (TPSA) is 57.4 Å². The van der Waals surface area contributed by atoms with Crippen molar-refractivity contribution in [3.05, 3.63) is 24.0 Å². The van der Waals surface area contributed by atoms with Gasteiger partial charge in [0.2, 0.25) is 0 Å². The zero-order valence-corrected chi connectivity index (χ0v) is 9.56. The molecule has 0 aromatic carbocycles. The average molecular weight is 222 g/mol. The minimum atomic E-state index is -0.0303. The lowest BCUT2D eigenvalue weighted by molar-refractivity contribution is 0.167. The third-order valence-electron chi connectivity index (χ3n) is 2.74. The lowest BCUT2D eigenvalue weighted by Gasteiger charge is -2.11. The second-order valence-electron chi connectivity index (χ2n) is 4.25. The molecule has 1 aliphatic heterocycles. The molecule has 1 aromatic rings. The van der Waals surface area contributed by atoms with Crippen LogP contribution in [0, 0.1) is 5.92 Å². The highest BCUT2D eigenvalue weighted by Gasteiger charge is 2.16. The molecule has 0 radical (unpaired) electrons. The van der Waals surface area contributed by atoms with Crippen LogP contribution in [-0.4, -0.2) is 24.8 Å². The smallest absolute Gasteiger partial charge is 0.137 e. The molecule has 16 heavy (non-hydrogen) atoms. The van der Waals surface area contributed by atoms with E-state index in [9.17, 15) is 0 Å². The van der Waals surface area contributed by atoms with E-state index in [0.717, 1.165) is 31.1 Å². The van der Waals surface area contributed by atoms with Crippen molar-refractivity contribution < 1.29 is 9.47 Å². The van der Waals surface area contributed by atoms with Gasteiger partial charge in [0.25, 0.3) is 0 Å². The van der Waals surface area contributed by atoms with Gasteiger partial charge in [0.1, 0.15) is 5.75 Å². The van der Waals surface area contributed by atoms with Gasteiger partial charge in [0.05, 0.1) is 25.1 Å².